The number of rotatable bonds is 4. The van der Waals surface area contributed by atoms with Gasteiger partial charge in [-0.05, 0) is 17.7 Å². The molecule has 0 spiro atoms. The van der Waals surface area contributed by atoms with Crippen LogP contribution >= 0.6 is 0 Å². The molecular weight excluding hydrogens is 232 g/mol. The van der Waals surface area contributed by atoms with E-state index in [1.165, 1.54) is 0 Å². The number of benzene rings is 1. The molecule has 94 valence electrons. The van der Waals surface area contributed by atoms with Gasteiger partial charge >= 0.3 is 0 Å². The smallest absolute Gasteiger partial charge is 0.0730 e. The first-order valence-corrected chi connectivity index (χ1v) is 6.03. The van der Waals surface area contributed by atoms with Crippen molar-refractivity contribution in [1.82, 2.24) is 4.98 Å². The molecule has 1 aromatic carbocycles. The Balaban J connectivity index is 2.55. The minimum atomic E-state index is 0.681. The molecule has 1 aromatic heterocycles. The van der Waals surface area contributed by atoms with Crippen LogP contribution < -0.4 is 5.73 Å². The van der Waals surface area contributed by atoms with E-state index in [4.69, 9.17) is 5.73 Å². The van der Waals surface area contributed by atoms with Crippen LogP contribution in [0, 0.1) is 0 Å². The number of allylic oxidation sites excluding steroid dienone is 4. The van der Waals surface area contributed by atoms with Crippen LogP contribution in [0.4, 0.5) is 5.69 Å². The van der Waals surface area contributed by atoms with Gasteiger partial charge in [-0.1, -0.05) is 61.7 Å². The second kappa shape index (κ2) is 5.83. The van der Waals surface area contributed by atoms with Gasteiger partial charge in [-0.3, -0.25) is 0 Å². The van der Waals surface area contributed by atoms with Gasteiger partial charge in [0.1, 0.15) is 0 Å². The van der Waals surface area contributed by atoms with Crippen LogP contribution in [-0.4, -0.2) is 4.98 Å². The topological polar surface area (TPSA) is 38.9 Å². The lowest BCUT2D eigenvalue weighted by Gasteiger charge is -2.07. The van der Waals surface area contributed by atoms with E-state index in [2.05, 4.69) is 18.1 Å². The molecule has 2 heteroatoms. The number of aromatic nitrogens is 1. The van der Waals surface area contributed by atoms with Gasteiger partial charge in [0, 0.05) is 11.3 Å². The van der Waals surface area contributed by atoms with Gasteiger partial charge in [0.05, 0.1) is 11.4 Å². The van der Waals surface area contributed by atoms with Crippen molar-refractivity contribution in [2.75, 3.05) is 5.73 Å². The molecule has 0 aliphatic heterocycles. The van der Waals surface area contributed by atoms with Crippen LogP contribution in [0.1, 0.15) is 5.69 Å². The zero-order valence-corrected chi connectivity index (χ0v) is 10.7. The van der Waals surface area contributed by atoms with E-state index in [0.29, 0.717) is 5.69 Å². The van der Waals surface area contributed by atoms with Crippen molar-refractivity contribution < 1.29 is 0 Å². The van der Waals surface area contributed by atoms with E-state index < -0.39 is 0 Å². The summed E-state index contributed by atoms with van der Waals surface area (Å²) in [6.07, 6.45) is 5.33. The predicted molar refractivity (Wildman–Crippen MR) is 82.5 cm³/mol. The number of hydrogen-bond donors (Lipinski definition) is 1. The Labute approximate surface area is 113 Å². The Kier molecular flexibility index (Phi) is 3.94. The van der Waals surface area contributed by atoms with Crippen LogP contribution in [0.25, 0.3) is 16.8 Å². The fraction of sp³-hybridized carbons (Fsp3) is 0. The van der Waals surface area contributed by atoms with E-state index in [-0.39, 0.29) is 0 Å². The number of anilines is 1. The Morgan fingerprint density at radius 1 is 1.11 bits per heavy atom. The maximum atomic E-state index is 5.96. The molecule has 0 aliphatic carbocycles. The molecule has 19 heavy (non-hydrogen) atoms. The van der Waals surface area contributed by atoms with Crippen molar-refractivity contribution >= 4 is 11.3 Å². The van der Waals surface area contributed by atoms with Crippen LogP contribution in [0.2, 0.25) is 0 Å². The summed E-state index contributed by atoms with van der Waals surface area (Å²) in [5.41, 5.74) is 10.2. The van der Waals surface area contributed by atoms with Gasteiger partial charge in [-0.2, -0.15) is 0 Å². The zero-order chi connectivity index (χ0) is 13.7. The van der Waals surface area contributed by atoms with E-state index in [9.17, 15) is 0 Å². The van der Waals surface area contributed by atoms with Crippen molar-refractivity contribution in [2.45, 2.75) is 0 Å². The molecule has 0 radical (unpaired) electrons. The number of nitrogens with two attached hydrogens (primary N) is 1. The Morgan fingerprint density at radius 3 is 2.47 bits per heavy atom. The highest BCUT2D eigenvalue weighted by atomic mass is 14.7. The molecule has 0 aliphatic rings. The second-order valence-electron chi connectivity index (χ2n) is 4.10. The van der Waals surface area contributed by atoms with Crippen molar-refractivity contribution in [1.29, 1.82) is 0 Å². The maximum absolute atomic E-state index is 5.96. The van der Waals surface area contributed by atoms with Gasteiger partial charge in [-0.15, -0.1) is 0 Å². The van der Waals surface area contributed by atoms with Crippen LogP contribution in [0.3, 0.4) is 0 Å². The molecule has 2 N–H and O–H groups in total. The number of hydrogen-bond acceptors (Lipinski definition) is 2. The van der Waals surface area contributed by atoms with Gasteiger partial charge < -0.3 is 5.73 Å². The fourth-order valence-corrected chi connectivity index (χ4v) is 1.84. The highest BCUT2D eigenvalue weighted by Crippen LogP contribution is 2.23. The average Bonchev–Trinajstić information content (AvgIpc) is 2.45. The largest absolute Gasteiger partial charge is 0.399 e. The van der Waals surface area contributed by atoms with Gasteiger partial charge in [-0.25, -0.2) is 4.98 Å². The second-order valence-corrected chi connectivity index (χ2v) is 4.10. The first kappa shape index (κ1) is 12.8. The summed E-state index contributed by atoms with van der Waals surface area (Å²) < 4.78 is 0. The van der Waals surface area contributed by atoms with Crippen molar-refractivity contribution in [3.8, 4) is 11.3 Å². The molecule has 0 unspecified atom stereocenters. The predicted octanol–water partition coefficient (Wildman–Crippen LogP) is 4.09. The van der Waals surface area contributed by atoms with Crippen molar-refractivity contribution in [3.63, 3.8) is 0 Å². The summed E-state index contributed by atoms with van der Waals surface area (Å²) >= 11 is 0. The minimum absolute atomic E-state index is 0.681. The summed E-state index contributed by atoms with van der Waals surface area (Å²) in [6.45, 7) is 7.48. The third-order valence-corrected chi connectivity index (χ3v) is 2.73. The average molecular weight is 248 g/mol. The lowest BCUT2D eigenvalue weighted by Crippen LogP contribution is -1.95. The molecule has 0 amide bonds. The summed E-state index contributed by atoms with van der Waals surface area (Å²) in [4.78, 5) is 4.63. The normalized spacial score (nSPS) is 11.1. The first-order chi connectivity index (χ1) is 9.24. The molecule has 0 bridgehead atoms. The summed E-state index contributed by atoms with van der Waals surface area (Å²) in [7, 11) is 0. The molecule has 0 atom stereocenters. The third kappa shape index (κ3) is 2.99. The van der Waals surface area contributed by atoms with E-state index in [1.54, 1.807) is 12.2 Å². The van der Waals surface area contributed by atoms with Crippen molar-refractivity contribution in [2.24, 2.45) is 0 Å². The van der Waals surface area contributed by atoms with Gasteiger partial charge in [0.15, 0.2) is 0 Å². The monoisotopic (exact) mass is 248 g/mol. The van der Waals surface area contributed by atoms with Gasteiger partial charge in [0.25, 0.3) is 0 Å². The Bertz CT molecular complexity index is 625. The van der Waals surface area contributed by atoms with Crippen LogP contribution in [0.15, 0.2) is 73.9 Å². The Hall–Kier alpha value is -2.61. The lowest BCUT2D eigenvalue weighted by molar-refractivity contribution is 1.28. The molecule has 0 saturated heterocycles. The number of pyridine rings is 1. The highest BCUT2D eigenvalue weighted by Gasteiger charge is 2.05. The SMILES string of the molecule is C=C/C=C(\C=C)c1cc(N)cc(-c2ccccc2)n1. The fourth-order valence-electron chi connectivity index (χ4n) is 1.84. The first-order valence-electron chi connectivity index (χ1n) is 6.03. The maximum Gasteiger partial charge on any atom is 0.0730 e. The molecule has 2 aromatic rings. The van der Waals surface area contributed by atoms with Crippen molar-refractivity contribution in [3.05, 3.63) is 79.5 Å². The quantitative estimate of drug-likeness (QED) is 0.828. The van der Waals surface area contributed by atoms with Crippen LogP contribution in [-0.2, 0) is 0 Å². The standard InChI is InChI=1S/C17H16N2/c1-3-8-13(4-2)16-11-15(18)12-17(19-16)14-9-6-5-7-10-14/h3-12H,1-2H2,(H2,18,19)/b13-8+. The molecule has 0 saturated carbocycles. The van der Waals surface area contributed by atoms with E-state index in [0.717, 1.165) is 22.5 Å². The summed E-state index contributed by atoms with van der Waals surface area (Å²) in [5.74, 6) is 0. The molecular formula is C17H16N2. The van der Waals surface area contributed by atoms with E-state index >= 15 is 0 Å². The summed E-state index contributed by atoms with van der Waals surface area (Å²) in [6, 6.07) is 13.7. The Morgan fingerprint density at radius 2 is 1.84 bits per heavy atom. The third-order valence-electron chi connectivity index (χ3n) is 2.73. The van der Waals surface area contributed by atoms with Crippen LogP contribution in [0.5, 0.6) is 0 Å². The minimum Gasteiger partial charge on any atom is -0.399 e. The molecule has 2 rings (SSSR count). The number of nitrogens with zero attached hydrogens (tertiary/aromatic N) is 1. The van der Waals surface area contributed by atoms with E-state index in [1.807, 2.05) is 48.5 Å². The molecule has 1 heterocycles. The number of nitrogen functional groups attached to an aromatic ring is 1. The summed E-state index contributed by atoms with van der Waals surface area (Å²) in [5, 5.41) is 0. The van der Waals surface area contributed by atoms with Gasteiger partial charge in [0.2, 0.25) is 0 Å². The molecule has 0 fully saturated rings. The lowest BCUT2D eigenvalue weighted by atomic mass is 10.1. The highest BCUT2D eigenvalue weighted by molar-refractivity contribution is 5.76. The molecule has 2 nitrogen and oxygen atoms in total. The zero-order valence-electron chi connectivity index (χ0n) is 10.7.